The Morgan fingerprint density at radius 1 is 1.07 bits per heavy atom. The highest BCUT2D eigenvalue weighted by Gasteiger charge is 2.37. The molecule has 7 heteroatoms. The number of ketones is 1. The van der Waals surface area contributed by atoms with Gasteiger partial charge in [0, 0.05) is 13.0 Å². The lowest BCUT2D eigenvalue weighted by atomic mass is 10.1. The van der Waals surface area contributed by atoms with Gasteiger partial charge in [-0.15, -0.1) is 0 Å². The highest BCUT2D eigenvalue weighted by Crippen LogP contribution is 2.34. The second kappa shape index (κ2) is 8.77. The molecular weight excluding hydrogens is 374 g/mol. The van der Waals surface area contributed by atoms with Gasteiger partial charge in [0.1, 0.15) is 11.5 Å². The maximum atomic E-state index is 12.5. The molecule has 2 aromatic carbocycles. The average Bonchev–Trinajstić information content (AvgIpc) is 3.13. The Kier molecular flexibility index (Phi) is 6.16. The molecule has 1 amide bonds. The first-order chi connectivity index (χ1) is 13.9. The van der Waals surface area contributed by atoms with Crippen LogP contribution in [0.3, 0.4) is 0 Å². The SMILES string of the molecule is COc1ccccc1C(=O)COC(=O)[C@@H]1CC(=O)N(c2cc(C)ccc2OC)C1. The predicted molar refractivity (Wildman–Crippen MR) is 106 cm³/mol. The summed E-state index contributed by atoms with van der Waals surface area (Å²) >= 11 is 0. The number of hydrogen-bond acceptors (Lipinski definition) is 6. The van der Waals surface area contributed by atoms with Gasteiger partial charge < -0.3 is 19.1 Å². The van der Waals surface area contributed by atoms with Gasteiger partial charge in [0.2, 0.25) is 11.7 Å². The summed E-state index contributed by atoms with van der Waals surface area (Å²) < 4.78 is 15.7. The van der Waals surface area contributed by atoms with Crippen molar-refractivity contribution in [2.24, 2.45) is 5.92 Å². The molecule has 1 atom stereocenters. The lowest BCUT2D eigenvalue weighted by molar-refractivity contribution is -0.147. The van der Waals surface area contributed by atoms with Crippen molar-refractivity contribution in [3.63, 3.8) is 0 Å². The first kappa shape index (κ1) is 20.4. The van der Waals surface area contributed by atoms with Gasteiger partial charge in [-0.2, -0.15) is 0 Å². The fourth-order valence-corrected chi connectivity index (χ4v) is 3.32. The summed E-state index contributed by atoms with van der Waals surface area (Å²) in [7, 11) is 3.00. The van der Waals surface area contributed by atoms with E-state index in [4.69, 9.17) is 14.2 Å². The van der Waals surface area contributed by atoms with Gasteiger partial charge in [-0.25, -0.2) is 0 Å². The van der Waals surface area contributed by atoms with E-state index in [1.54, 1.807) is 30.3 Å². The van der Waals surface area contributed by atoms with Crippen LogP contribution < -0.4 is 14.4 Å². The Morgan fingerprint density at radius 3 is 2.52 bits per heavy atom. The van der Waals surface area contributed by atoms with Crippen LogP contribution in [0.5, 0.6) is 11.5 Å². The topological polar surface area (TPSA) is 82.1 Å². The molecule has 2 aromatic rings. The van der Waals surface area contributed by atoms with Gasteiger partial charge in [-0.1, -0.05) is 18.2 Å². The van der Waals surface area contributed by atoms with Crippen LogP contribution in [0.4, 0.5) is 5.69 Å². The lowest BCUT2D eigenvalue weighted by Gasteiger charge is -2.20. The average molecular weight is 397 g/mol. The molecule has 1 aliphatic heterocycles. The quantitative estimate of drug-likeness (QED) is 0.528. The van der Waals surface area contributed by atoms with Gasteiger partial charge in [-0.05, 0) is 36.8 Å². The molecule has 1 heterocycles. The third kappa shape index (κ3) is 4.39. The van der Waals surface area contributed by atoms with Crippen molar-refractivity contribution in [1.82, 2.24) is 0 Å². The molecule has 0 bridgehead atoms. The molecule has 0 spiro atoms. The van der Waals surface area contributed by atoms with Crippen molar-refractivity contribution < 1.29 is 28.6 Å². The third-order valence-electron chi connectivity index (χ3n) is 4.84. The fraction of sp³-hybridized carbons (Fsp3) is 0.318. The number of Topliss-reactive ketones (excluding diaryl/α,β-unsaturated/α-hetero) is 1. The highest BCUT2D eigenvalue weighted by molar-refractivity contribution is 6.02. The van der Waals surface area contributed by atoms with Gasteiger partial charge >= 0.3 is 5.97 Å². The van der Waals surface area contributed by atoms with Crippen molar-refractivity contribution in [2.75, 3.05) is 32.3 Å². The zero-order valence-electron chi connectivity index (χ0n) is 16.6. The third-order valence-corrected chi connectivity index (χ3v) is 4.84. The maximum Gasteiger partial charge on any atom is 0.311 e. The number of benzene rings is 2. The summed E-state index contributed by atoms with van der Waals surface area (Å²) in [6.45, 7) is 1.69. The van der Waals surface area contributed by atoms with Crippen molar-refractivity contribution in [3.05, 3.63) is 53.6 Å². The van der Waals surface area contributed by atoms with Crippen molar-refractivity contribution >= 4 is 23.3 Å². The molecule has 152 valence electrons. The molecule has 0 radical (unpaired) electrons. The van der Waals surface area contributed by atoms with E-state index in [0.717, 1.165) is 5.56 Å². The molecule has 0 aromatic heterocycles. The lowest BCUT2D eigenvalue weighted by Crippen LogP contribution is -2.27. The van der Waals surface area contributed by atoms with Crippen molar-refractivity contribution in [1.29, 1.82) is 0 Å². The van der Waals surface area contributed by atoms with Gasteiger partial charge in [0.05, 0.1) is 31.4 Å². The summed E-state index contributed by atoms with van der Waals surface area (Å²) in [5.41, 5.74) is 1.94. The minimum atomic E-state index is -0.641. The summed E-state index contributed by atoms with van der Waals surface area (Å²) in [5, 5.41) is 0. The Bertz CT molecular complexity index is 939. The van der Waals surface area contributed by atoms with Crippen LogP contribution in [0.15, 0.2) is 42.5 Å². The van der Waals surface area contributed by atoms with Gasteiger partial charge in [0.25, 0.3) is 0 Å². The normalized spacial score (nSPS) is 15.9. The van der Waals surface area contributed by atoms with E-state index in [2.05, 4.69) is 0 Å². The Hall–Kier alpha value is -3.35. The molecule has 7 nitrogen and oxygen atoms in total. The van der Waals surface area contributed by atoms with E-state index in [1.807, 2.05) is 19.1 Å². The van der Waals surface area contributed by atoms with E-state index in [-0.39, 0.29) is 24.7 Å². The molecule has 29 heavy (non-hydrogen) atoms. The zero-order valence-corrected chi connectivity index (χ0v) is 16.6. The van der Waals surface area contributed by atoms with Crippen LogP contribution in [0.1, 0.15) is 22.3 Å². The number of ether oxygens (including phenoxy) is 3. The maximum absolute atomic E-state index is 12.5. The number of carbonyl (C=O) groups is 3. The number of anilines is 1. The van der Waals surface area contributed by atoms with Crippen LogP contribution >= 0.6 is 0 Å². The molecule has 0 saturated carbocycles. The molecule has 0 N–H and O–H groups in total. The van der Waals surface area contributed by atoms with Crippen molar-refractivity contribution in [2.45, 2.75) is 13.3 Å². The molecule has 1 saturated heterocycles. The molecule has 1 aliphatic rings. The fourth-order valence-electron chi connectivity index (χ4n) is 3.32. The Labute approximate surface area is 169 Å². The molecule has 0 aliphatic carbocycles. The van der Waals surface area contributed by atoms with E-state index >= 15 is 0 Å². The minimum absolute atomic E-state index is 0.0266. The number of aryl methyl sites for hydroxylation is 1. The number of para-hydroxylation sites is 1. The second-order valence-electron chi connectivity index (χ2n) is 6.81. The predicted octanol–water partition coefficient (Wildman–Crippen LogP) is 2.79. The van der Waals surface area contributed by atoms with Crippen LogP contribution in [0, 0.1) is 12.8 Å². The van der Waals surface area contributed by atoms with Gasteiger partial charge in [-0.3, -0.25) is 14.4 Å². The molecule has 0 unspecified atom stereocenters. The van der Waals surface area contributed by atoms with Gasteiger partial charge in [0.15, 0.2) is 6.61 Å². The monoisotopic (exact) mass is 397 g/mol. The summed E-state index contributed by atoms with van der Waals surface area (Å²) in [6, 6.07) is 12.3. The molecular formula is C22H23NO6. The second-order valence-corrected chi connectivity index (χ2v) is 6.81. The summed E-state index contributed by atoms with van der Waals surface area (Å²) in [5.74, 6) is -0.787. The number of methoxy groups -OCH3 is 2. The van der Waals surface area contributed by atoms with Crippen molar-refractivity contribution in [3.8, 4) is 11.5 Å². The first-order valence-corrected chi connectivity index (χ1v) is 9.22. The van der Waals surface area contributed by atoms with E-state index in [0.29, 0.717) is 22.7 Å². The van der Waals surface area contributed by atoms with Crippen LogP contribution in [0.25, 0.3) is 0 Å². The number of esters is 1. The standard InChI is InChI=1S/C22H23NO6/c1-14-8-9-20(28-3)17(10-14)23-12-15(11-21(23)25)22(26)29-13-18(24)16-6-4-5-7-19(16)27-2/h4-10,15H,11-13H2,1-3H3/t15-/m1/s1. The Morgan fingerprint density at radius 2 is 1.79 bits per heavy atom. The largest absolute Gasteiger partial charge is 0.496 e. The summed E-state index contributed by atoms with van der Waals surface area (Å²) in [6.07, 6.45) is 0.0266. The minimum Gasteiger partial charge on any atom is -0.496 e. The number of hydrogen-bond donors (Lipinski definition) is 0. The van der Waals surface area contributed by atoms with E-state index in [9.17, 15) is 14.4 Å². The van der Waals surface area contributed by atoms with Crippen LogP contribution in [0.2, 0.25) is 0 Å². The number of rotatable bonds is 7. The summed E-state index contributed by atoms with van der Waals surface area (Å²) in [4.78, 5) is 38.8. The van der Waals surface area contributed by atoms with Crippen LogP contribution in [-0.2, 0) is 14.3 Å². The smallest absolute Gasteiger partial charge is 0.311 e. The molecule has 1 fully saturated rings. The Balaban J connectivity index is 1.65. The number of amides is 1. The van der Waals surface area contributed by atoms with Crippen LogP contribution in [-0.4, -0.2) is 45.0 Å². The van der Waals surface area contributed by atoms with E-state index in [1.165, 1.54) is 19.1 Å². The first-order valence-electron chi connectivity index (χ1n) is 9.22. The van der Waals surface area contributed by atoms with E-state index < -0.39 is 18.5 Å². The number of nitrogens with zero attached hydrogens (tertiary/aromatic N) is 1. The number of carbonyl (C=O) groups excluding carboxylic acids is 3. The molecule has 3 rings (SSSR count). The zero-order chi connectivity index (χ0) is 21.0. The highest BCUT2D eigenvalue weighted by atomic mass is 16.5.